The van der Waals surface area contributed by atoms with Crippen molar-refractivity contribution in [2.75, 3.05) is 5.32 Å². The highest BCUT2D eigenvalue weighted by Gasteiger charge is 2.53. The fraction of sp³-hybridized carbons (Fsp3) is 0.632. The molecule has 4 saturated carbocycles. The summed E-state index contributed by atoms with van der Waals surface area (Å²) in [6.45, 7) is 2.31. The van der Waals surface area contributed by atoms with Gasteiger partial charge in [0.05, 0.1) is 15.7 Å². The molecule has 0 spiro atoms. The van der Waals surface area contributed by atoms with Crippen LogP contribution in [0.5, 0.6) is 0 Å². The van der Waals surface area contributed by atoms with Gasteiger partial charge in [0.15, 0.2) is 5.11 Å². The van der Waals surface area contributed by atoms with E-state index >= 15 is 0 Å². The third kappa shape index (κ3) is 3.04. The van der Waals surface area contributed by atoms with Gasteiger partial charge in [0.1, 0.15) is 0 Å². The molecule has 4 aliphatic rings. The number of benzene rings is 1. The van der Waals surface area contributed by atoms with Gasteiger partial charge >= 0.3 is 0 Å². The lowest BCUT2D eigenvalue weighted by atomic mass is 9.48. The summed E-state index contributed by atoms with van der Waals surface area (Å²) < 4.78 is 0. The first-order chi connectivity index (χ1) is 11.4. The van der Waals surface area contributed by atoms with Gasteiger partial charge in [-0.15, -0.1) is 0 Å². The summed E-state index contributed by atoms with van der Waals surface area (Å²) in [4.78, 5) is 0. The van der Waals surface area contributed by atoms with E-state index in [1.807, 2.05) is 12.1 Å². The Hall–Kier alpha value is -0.510. The van der Waals surface area contributed by atoms with Crippen LogP contribution in [-0.4, -0.2) is 11.2 Å². The SMILES string of the molecule is CC(NC(=S)Nc1cccc(Cl)c1Cl)C12CC3CC(CC(C3)C1)C2. The molecule has 1 atom stereocenters. The molecule has 4 aliphatic carbocycles. The summed E-state index contributed by atoms with van der Waals surface area (Å²) in [6, 6.07) is 5.95. The molecule has 5 heteroatoms. The first kappa shape index (κ1) is 16.9. The number of hydrogen-bond donors (Lipinski definition) is 2. The van der Waals surface area contributed by atoms with Crippen molar-refractivity contribution in [3.63, 3.8) is 0 Å². The quantitative estimate of drug-likeness (QED) is 0.637. The molecule has 4 fully saturated rings. The maximum atomic E-state index is 6.25. The predicted octanol–water partition coefficient (Wildman–Crippen LogP) is 5.88. The standard InChI is InChI=1S/C19H24Cl2N2S/c1-11(19-8-12-5-13(9-19)7-14(6-12)10-19)22-18(24)23-16-4-2-3-15(20)17(16)21/h2-4,11-14H,5-10H2,1H3,(H2,22,23,24). The molecule has 1 aromatic carbocycles. The van der Waals surface area contributed by atoms with Crippen LogP contribution >= 0.6 is 35.4 Å². The first-order valence-electron chi connectivity index (χ1n) is 8.97. The summed E-state index contributed by atoms with van der Waals surface area (Å²) in [5.41, 5.74) is 1.19. The van der Waals surface area contributed by atoms with Crippen molar-refractivity contribution in [1.29, 1.82) is 0 Å². The van der Waals surface area contributed by atoms with Crippen molar-refractivity contribution >= 4 is 46.2 Å². The lowest BCUT2D eigenvalue weighted by Crippen LogP contribution is -2.56. The minimum Gasteiger partial charge on any atom is -0.359 e. The Bertz CT molecular complexity index is 625. The Morgan fingerprint density at radius 1 is 1.12 bits per heavy atom. The van der Waals surface area contributed by atoms with Crippen molar-refractivity contribution in [1.82, 2.24) is 5.32 Å². The Kier molecular flexibility index (Phi) is 4.47. The summed E-state index contributed by atoms with van der Waals surface area (Å²) in [6.07, 6.45) is 8.50. The number of nitrogens with one attached hydrogen (secondary N) is 2. The van der Waals surface area contributed by atoms with Crippen LogP contribution in [0.2, 0.25) is 10.0 Å². The monoisotopic (exact) mass is 382 g/mol. The van der Waals surface area contributed by atoms with Crippen molar-refractivity contribution in [2.45, 2.75) is 51.5 Å². The molecule has 5 rings (SSSR count). The highest BCUT2D eigenvalue weighted by atomic mass is 35.5. The van der Waals surface area contributed by atoms with E-state index in [-0.39, 0.29) is 0 Å². The molecule has 1 unspecified atom stereocenters. The van der Waals surface area contributed by atoms with Gasteiger partial charge in [0, 0.05) is 6.04 Å². The molecule has 1 aromatic rings. The second kappa shape index (κ2) is 6.34. The van der Waals surface area contributed by atoms with Crippen molar-refractivity contribution in [3.8, 4) is 0 Å². The molecular weight excluding hydrogens is 359 g/mol. The molecule has 4 bridgehead atoms. The second-order valence-electron chi connectivity index (χ2n) is 8.20. The normalized spacial score (nSPS) is 34.9. The molecular formula is C19H24Cl2N2S. The van der Waals surface area contributed by atoms with Crippen LogP contribution in [0.1, 0.15) is 45.4 Å². The fourth-order valence-electron chi connectivity index (χ4n) is 5.82. The molecule has 130 valence electrons. The average Bonchev–Trinajstić information content (AvgIpc) is 2.50. The Labute approximate surface area is 159 Å². The van der Waals surface area contributed by atoms with Crippen LogP contribution in [-0.2, 0) is 0 Å². The van der Waals surface area contributed by atoms with Gasteiger partial charge in [0.2, 0.25) is 0 Å². The van der Waals surface area contributed by atoms with Crippen molar-refractivity contribution in [3.05, 3.63) is 28.2 Å². The van der Waals surface area contributed by atoms with E-state index in [1.165, 1.54) is 38.5 Å². The number of rotatable bonds is 3. The molecule has 0 radical (unpaired) electrons. The van der Waals surface area contributed by atoms with Crippen LogP contribution < -0.4 is 10.6 Å². The second-order valence-corrected chi connectivity index (χ2v) is 9.39. The number of hydrogen-bond acceptors (Lipinski definition) is 1. The zero-order chi connectivity index (χ0) is 16.9. The lowest BCUT2D eigenvalue weighted by Gasteiger charge is -2.59. The van der Waals surface area contributed by atoms with Crippen LogP contribution in [0.25, 0.3) is 0 Å². The van der Waals surface area contributed by atoms with E-state index in [9.17, 15) is 0 Å². The summed E-state index contributed by atoms with van der Waals surface area (Å²) in [5.74, 6) is 2.85. The molecule has 0 amide bonds. The van der Waals surface area contributed by atoms with Gasteiger partial charge in [-0.3, -0.25) is 0 Å². The summed E-state index contributed by atoms with van der Waals surface area (Å²) >= 11 is 17.9. The van der Waals surface area contributed by atoms with Crippen molar-refractivity contribution in [2.24, 2.45) is 23.2 Å². The number of thiocarbonyl (C=S) groups is 1. The maximum Gasteiger partial charge on any atom is 0.171 e. The Balaban J connectivity index is 1.43. The van der Waals surface area contributed by atoms with Gasteiger partial charge in [-0.25, -0.2) is 0 Å². The van der Waals surface area contributed by atoms with Crippen molar-refractivity contribution < 1.29 is 0 Å². The Morgan fingerprint density at radius 3 is 2.29 bits per heavy atom. The van der Waals surface area contributed by atoms with E-state index in [4.69, 9.17) is 35.4 Å². The van der Waals surface area contributed by atoms with Gasteiger partial charge in [0.25, 0.3) is 0 Å². The number of anilines is 1. The molecule has 2 nitrogen and oxygen atoms in total. The number of halogens is 2. The lowest BCUT2D eigenvalue weighted by molar-refractivity contribution is -0.0671. The first-order valence-corrected chi connectivity index (χ1v) is 10.1. The van der Waals surface area contributed by atoms with E-state index < -0.39 is 0 Å². The molecule has 24 heavy (non-hydrogen) atoms. The molecule has 0 aromatic heterocycles. The summed E-state index contributed by atoms with van der Waals surface area (Å²) in [5, 5.41) is 8.47. The molecule has 0 heterocycles. The molecule has 2 N–H and O–H groups in total. The zero-order valence-electron chi connectivity index (χ0n) is 13.9. The maximum absolute atomic E-state index is 6.25. The van der Waals surface area contributed by atoms with Crippen LogP contribution in [0.4, 0.5) is 5.69 Å². The molecule has 0 aliphatic heterocycles. The van der Waals surface area contributed by atoms with E-state index in [2.05, 4.69) is 17.6 Å². The van der Waals surface area contributed by atoms with Gasteiger partial charge in [-0.1, -0.05) is 29.3 Å². The highest BCUT2D eigenvalue weighted by molar-refractivity contribution is 7.80. The molecule has 0 saturated heterocycles. The minimum absolute atomic E-state index is 0.392. The highest BCUT2D eigenvalue weighted by Crippen LogP contribution is 2.61. The van der Waals surface area contributed by atoms with Gasteiger partial charge in [-0.2, -0.15) is 0 Å². The van der Waals surface area contributed by atoms with Crippen LogP contribution in [0.3, 0.4) is 0 Å². The Morgan fingerprint density at radius 2 is 1.71 bits per heavy atom. The predicted molar refractivity (Wildman–Crippen MR) is 106 cm³/mol. The van der Waals surface area contributed by atoms with Gasteiger partial charge in [-0.05, 0) is 93.0 Å². The van der Waals surface area contributed by atoms with E-state index in [1.54, 1.807) is 6.07 Å². The largest absolute Gasteiger partial charge is 0.359 e. The third-order valence-electron chi connectivity index (χ3n) is 6.55. The third-order valence-corrected chi connectivity index (χ3v) is 7.59. The van der Waals surface area contributed by atoms with Crippen LogP contribution in [0, 0.1) is 23.2 Å². The van der Waals surface area contributed by atoms with Crippen LogP contribution in [0.15, 0.2) is 18.2 Å². The summed E-state index contributed by atoms with van der Waals surface area (Å²) in [7, 11) is 0. The van der Waals surface area contributed by atoms with E-state index in [0.29, 0.717) is 26.6 Å². The topological polar surface area (TPSA) is 24.1 Å². The minimum atomic E-state index is 0.392. The fourth-order valence-corrected chi connectivity index (χ4v) is 6.45. The smallest absolute Gasteiger partial charge is 0.171 e. The van der Waals surface area contributed by atoms with E-state index in [0.717, 1.165) is 23.4 Å². The zero-order valence-corrected chi connectivity index (χ0v) is 16.3. The average molecular weight is 383 g/mol. The van der Waals surface area contributed by atoms with Gasteiger partial charge < -0.3 is 10.6 Å².